The van der Waals surface area contributed by atoms with E-state index in [4.69, 9.17) is 0 Å². The second kappa shape index (κ2) is 5.16. The van der Waals surface area contributed by atoms with Gasteiger partial charge in [-0.05, 0) is 24.7 Å². The summed E-state index contributed by atoms with van der Waals surface area (Å²) in [4.78, 5) is 0. The average molecular weight is 196 g/mol. The molecule has 0 bridgehead atoms. The molecule has 0 heterocycles. The van der Waals surface area contributed by atoms with Gasteiger partial charge in [0.05, 0.1) is 6.10 Å². The Bertz CT molecular complexity index is 167. The molecule has 3 atom stereocenters. The van der Waals surface area contributed by atoms with Crippen LogP contribution in [0.15, 0.2) is 0 Å². The first-order chi connectivity index (χ1) is 6.88. The van der Waals surface area contributed by atoms with E-state index in [-0.39, 0.29) is 6.10 Å². The molecule has 1 heteroatoms. The van der Waals surface area contributed by atoms with Crippen LogP contribution in [0, 0.1) is 11.8 Å². The Morgan fingerprint density at radius 1 is 0.714 bits per heavy atom. The standard InChI is InChI=1S/C13H24O/c14-13-9-7-5-3-1-2-4-6-8-11-10-12(11)13/h11-14H,1-10H2. The first kappa shape index (κ1) is 10.5. The molecule has 0 aliphatic heterocycles. The topological polar surface area (TPSA) is 20.2 Å². The molecule has 2 aliphatic carbocycles. The lowest BCUT2D eigenvalue weighted by Crippen LogP contribution is -2.10. The lowest BCUT2D eigenvalue weighted by atomic mass is 10.00. The molecule has 0 radical (unpaired) electrons. The fourth-order valence-electron chi connectivity index (χ4n) is 2.93. The molecule has 14 heavy (non-hydrogen) atoms. The molecule has 0 aromatic carbocycles. The zero-order valence-corrected chi connectivity index (χ0v) is 9.25. The maximum absolute atomic E-state index is 9.90. The molecular formula is C13H24O. The Hall–Kier alpha value is -0.0400. The van der Waals surface area contributed by atoms with E-state index in [2.05, 4.69) is 0 Å². The van der Waals surface area contributed by atoms with Crippen molar-refractivity contribution >= 4 is 0 Å². The van der Waals surface area contributed by atoms with E-state index in [1.165, 1.54) is 57.8 Å². The van der Waals surface area contributed by atoms with Crippen molar-refractivity contribution in [3.63, 3.8) is 0 Å². The molecule has 0 amide bonds. The highest BCUT2D eigenvalue weighted by Gasteiger charge is 2.40. The predicted octanol–water partition coefficient (Wildman–Crippen LogP) is 3.51. The Morgan fingerprint density at radius 3 is 2.00 bits per heavy atom. The van der Waals surface area contributed by atoms with Crippen LogP contribution in [-0.2, 0) is 0 Å². The maximum atomic E-state index is 9.90. The van der Waals surface area contributed by atoms with Crippen LogP contribution in [0.25, 0.3) is 0 Å². The van der Waals surface area contributed by atoms with Crippen molar-refractivity contribution in [3.8, 4) is 0 Å². The molecule has 1 nitrogen and oxygen atoms in total. The predicted molar refractivity (Wildman–Crippen MR) is 59.2 cm³/mol. The van der Waals surface area contributed by atoms with Gasteiger partial charge in [0, 0.05) is 0 Å². The summed E-state index contributed by atoms with van der Waals surface area (Å²) in [6.07, 6.45) is 13.5. The Morgan fingerprint density at radius 2 is 1.29 bits per heavy atom. The van der Waals surface area contributed by atoms with Crippen molar-refractivity contribution in [3.05, 3.63) is 0 Å². The third-order valence-corrected chi connectivity index (χ3v) is 4.05. The average Bonchev–Trinajstić information content (AvgIpc) is 2.92. The minimum absolute atomic E-state index is 0.0411. The highest BCUT2D eigenvalue weighted by atomic mass is 16.3. The van der Waals surface area contributed by atoms with Crippen molar-refractivity contribution in [2.75, 3.05) is 0 Å². The maximum Gasteiger partial charge on any atom is 0.0571 e. The smallest absolute Gasteiger partial charge is 0.0571 e. The van der Waals surface area contributed by atoms with Crippen LogP contribution in [-0.4, -0.2) is 11.2 Å². The number of aliphatic hydroxyl groups is 1. The highest BCUT2D eigenvalue weighted by Crippen LogP contribution is 2.46. The molecule has 0 aromatic rings. The number of aliphatic hydroxyl groups excluding tert-OH is 1. The van der Waals surface area contributed by atoms with E-state index in [1.54, 1.807) is 0 Å². The number of hydrogen-bond donors (Lipinski definition) is 1. The third kappa shape index (κ3) is 2.98. The summed E-state index contributed by atoms with van der Waals surface area (Å²) >= 11 is 0. The number of rotatable bonds is 0. The van der Waals surface area contributed by atoms with Crippen molar-refractivity contribution in [1.29, 1.82) is 0 Å². The minimum Gasteiger partial charge on any atom is -0.393 e. The Balaban J connectivity index is 1.74. The van der Waals surface area contributed by atoms with Crippen LogP contribution in [0.4, 0.5) is 0 Å². The van der Waals surface area contributed by atoms with Gasteiger partial charge in [-0.25, -0.2) is 0 Å². The summed E-state index contributed by atoms with van der Waals surface area (Å²) < 4.78 is 0. The second-order valence-electron chi connectivity index (χ2n) is 5.28. The van der Waals surface area contributed by atoms with Gasteiger partial charge in [0.15, 0.2) is 0 Å². The van der Waals surface area contributed by atoms with E-state index >= 15 is 0 Å². The summed E-state index contributed by atoms with van der Waals surface area (Å²) in [5.41, 5.74) is 0. The summed E-state index contributed by atoms with van der Waals surface area (Å²) in [6.45, 7) is 0. The van der Waals surface area contributed by atoms with Crippen LogP contribution in [0.2, 0.25) is 0 Å². The SMILES string of the molecule is OC1CCCCCCCCCC2CC12. The number of fused-ring (bicyclic) bond motifs is 1. The lowest BCUT2D eigenvalue weighted by Gasteiger charge is -2.11. The van der Waals surface area contributed by atoms with Gasteiger partial charge in [0.2, 0.25) is 0 Å². The van der Waals surface area contributed by atoms with E-state index in [9.17, 15) is 5.11 Å². The van der Waals surface area contributed by atoms with Crippen LogP contribution < -0.4 is 0 Å². The zero-order valence-electron chi connectivity index (χ0n) is 9.25. The first-order valence-corrected chi connectivity index (χ1v) is 6.56. The molecule has 2 saturated carbocycles. The third-order valence-electron chi connectivity index (χ3n) is 4.05. The van der Waals surface area contributed by atoms with E-state index in [0.29, 0.717) is 5.92 Å². The minimum atomic E-state index is 0.0411. The molecule has 0 saturated heterocycles. The van der Waals surface area contributed by atoms with Crippen molar-refractivity contribution in [2.45, 2.75) is 70.3 Å². The monoisotopic (exact) mass is 196 g/mol. The quantitative estimate of drug-likeness (QED) is 0.628. The van der Waals surface area contributed by atoms with Gasteiger partial charge < -0.3 is 5.11 Å². The van der Waals surface area contributed by atoms with E-state index in [0.717, 1.165) is 12.3 Å². The molecule has 2 aliphatic rings. The number of hydrogen-bond acceptors (Lipinski definition) is 1. The van der Waals surface area contributed by atoms with Gasteiger partial charge in [-0.1, -0.05) is 51.4 Å². The van der Waals surface area contributed by atoms with Gasteiger partial charge >= 0.3 is 0 Å². The summed E-state index contributed by atoms with van der Waals surface area (Å²) in [5.74, 6) is 1.58. The van der Waals surface area contributed by atoms with Crippen molar-refractivity contribution < 1.29 is 5.11 Å². The zero-order chi connectivity index (χ0) is 9.80. The summed E-state index contributed by atoms with van der Waals surface area (Å²) in [5, 5.41) is 9.90. The van der Waals surface area contributed by atoms with Crippen LogP contribution in [0.1, 0.15) is 64.2 Å². The molecule has 2 rings (SSSR count). The lowest BCUT2D eigenvalue weighted by molar-refractivity contribution is 0.130. The first-order valence-electron chi connectivity index (χ1n) is 6.56. The molecular weight excluding hydrogens is 172 g/mol. The Labute approximate surface area is 87.9 Å². The molecule has 3 unspecified atom stereocenters. The van der Waals surface area contributed by atoms with Crippen LogP contribution in [0.3, 0.4) is 0 Å². The van der Waals surface area contributed by atoms with E-state index in [1.807, 2.05) is 0 Å². The Kier molecular flexibility index (Phi) is 3.86. The van der Waals surface area contributed by atoms with Gasteiger partial charge in [0.25, 0.3) is 0 Å². The van der Waals surface area contributed by atoms with Gasteiger partial charge in [-0.2, -0.15) is 0 Å². The van der Waals surface area contributed by atoms with Gasteiger partial charge in [-0.15, -0.1) is 0 Å². The molecule has 2 fully saturated rings. The highest BCUT2D eigenvalue weighted by molar-refractivity contribution is 4.91. The normalized spacial score (nSPS) is 40.5. The largest absolute Gasteiger partial charge is 0.393 e. The van der Waals surface area contributed by atoms with Gasteiger partial charge in [0.1, 0.15) is 0 Å². The van der Waals surface area contributed by atoms with Gasteiger partial charge in [-0.3, -0.25) is 0 Å². The molecule has 82 valence electrons. The van der Waals surface area contributed by atoms with Crippen molar-refractivity contribution in [1.82, 2.24) is 0 Å². The summed E-state index contributed by atoms with van der Waals surface area (Å²) in [7, 11) is 0. The second-order valence-corrected chi connectivity index (χ2v) is 5.28. The molecule has 1 N–H and O–H groups in total. The summed E-state index contributed by atoms with van der Waals surface area (Å²) in [6, 6.07) is 0. The molecule has 0 spiro atoms. The van der Waals surface area contributed by atoms with Crippen molar-refractivity contribution in [2.24, 2.45) is 11.8 Å². The van der Waals surface area contributed by atoms with Crippen LogP contribution >= 0.6 is 0 Å². The fourth-order valence-corrected chi connectivity index (χ4v) is 2.93. The van der Waals surface area contributed by atoms with Crippen LogP contribution in [0.5, 0.6) is 0 Å². The molecule has 0 aromatic heterocycles. The van der Waals surface area contributed by atoms with E-state index < -0.39 is 0 Å². The fraction of sp³-hybridized carbons (Fsp3) is 1.00.